The van der Waals surface area contributed by atoms with E-state index in [-0.39, 0.29) is 24.7 Å². The minimum Gasteiger partial charge on any atom is -0.497 e. The number of imidazole rings is 1. The van der Waals surface area contributed by atoms with Crippen molar-refractivity contribution in [3.8, 4) is 5.75 Å². The monoisotopic (exact) mass is 436 g/mol. The van der Waals surface area contributed by atoms with E-state index in [2.05, 4.69) is 15.6 Å². The van der Waals surface area contributed by atoms with Crippen molar-refractivity contribution in [2.45, 2.75) is 50.6 Å². The molecule has 7 nitrogen and oxygen atoms in total. The minimum atomic E-state index is -0.290. The van der Waals surface area contributed by atoms with E-state index in [4.69, 9.17) is 14.8 Å². The first-order valence-corrected chi connectivity index (χ1v) is 11.4. The van der Waals surface area contributed by atoms with Gasteiger partial charge in [0, 0.05) is 12.6 Å². The van der Waals surface area contributed by atoms with Crippen LogP contribution in [0.3, 0.4) is 0 Å². The number of urea groups is 1. The predicted octanol–water partition coefficient (Wildman–Crippen LogP) is 4.10. The van der Waals surface area contributed by atoms with Gasteiger partial charge in [-0.25, -0.2) is 9.78 Å². The number of aliphatic hydroxyl groups excluding tert-OH is 1. The average molecular weight is 437 g/mol. The van der Waals surface area contributed by atoms with E-state index in [9.17, 15) is 4.79 Å². The van der Waals surface area contributed by atoms with Gasteiger partial charge >= 0.3 is 6.03 Å². The molecule has 1 atom stereocenters. The molecule has 4 N–H and O–H groups in total. The third-order valence-electron chi connectivity index (χ3n) is 6.36. The Morgan fingerprint density at radius 2 is 1.91 bits per heavy atom. The van der Waals surface area contributed by atoms with E-state index >= 15 is 0 Å². The van der Waals surface area contributed by atoms with Crippen LogP contribution in [-0.4, -0.2) is 40.9 Å². The van der Waals surface area contributed by atoms with Crippen LogP contribution in [0.25, 0.3) is 11.0 Å². The van der Waals surface area contributed by atoms with Gasteiger partial charge in [-0.05, 0) is 74.3 Å². The standard InChI is InChI=1S/C25H32N4O3/c1-32-20-12-8-18(9-13-20)16-23(24-27-21-4-2-3-5-22(21)28-24)29-25(31)26-19-10-6-17(7-11-19)14-15-30/h2-5,8-9,12-13,17,19,23,30H,6-7,10-11,14-16H2,1H3,(H,27,28)(H2,26,29,31)/t17?,19?,23-/m1/s1. The SMILES string of the molecule is COc1ccc(C[C@@H](NC(=O)NC2CCC(CCO)CC2)c2nc3ccccc3[nH]2)cc1. The summed E-state index contributed by atoms with van der Waals surface area (Å²) in [6.07, 6.45) is 5.46. The van der Waals surface area contributed by atoms with Gasteiger partial charge < -0.3 is 25.5 Å². The van der Waals surface area contributed by atoms with Gasteiger partial charge in [0.25, 0.3) is 0 Å². The van der Waals surface area contributed by atoms with Crippen LogP contribution in [0, 0.1) is 5.92 Å². The van der Waals surface area contributed by atoms with Gasteiger partial charge in [-0.2, -0.15) is 0 Å². The van der Waals surface area contributed by atoms with Crippen molar-refractivity contribution < 1.29 is 14.6 Å². The minimum absolute atomic E-state index is 0.169. The molecule has 0 unspecified atom stereocenters. The van der Waals surface area contributed by atoms with Gasteiger partial charge in [-0.3, -0.25) is 0 Å². The number of fused-ring (bicyclic) bond motifs is 1. The number of aromatic amines is 1. The predicted molar refractivity (Wildman–Crippen MR) is 125 cm³/mol. The van der Waals surface area contributed by atoms with Crippen LogP contribution in [-0.2, 0) is 6.42 Å². The second-order valence-corrected chi connectivity index (χ2v) is 8.59. The topological polar surface area (TPSA) is 99.3 Å². The average Bonchev–Trinajstić information content (AvgIpc) is 3.25. The molecule has 1 aliphatic carbocycles. The molecule has 2 aromatic carbocycles. The molecule has 1 heterocycles. The van der Waals surface area contributed by atoms with Crippen LogP contribution in [0.1, 0.15) is 49.5 Å². The maximum atomic E-state index is 12.9. The molecule has 4 rings (SSSR count). The van der Waals surface area contributed by atoms with Crippen LogP contribution >= 0.6 is 0 Å². The largest absolute Gasteiger partial charge is 0.497 e. The molecule has 1 aliphatic rings. The number of carbonyl (C=O) groups is 1. The van der Waals surface area contributed by atoms with E-state index in [0.717, 1.165) is 60.3 Å². The van der Waals surface area contributed by atoms with E-state index in [1.165, 1.54) is 0 Å². The summed E-state index contributed by atoms with van der Waals surface area (Å²) >= 11 is 0. The Kier molecular flexibility index (Phi) is 7.27. The van der Waals surface area contributed by atoms with Crippen molar-refractivity contribution in [3.63, 3.8) is 0 Å². The zero-order valence-electron chi connectivity index (χ0n) is 18.5. The van der Waals surface area contributed by atoms with Gasteiger partial charge in [-0.15, -0.1) is 0 Å². The van der Waals surface area contributed by atoms with Crippen LogP contribution < -0.4 is 15.4 Å². The lowest BCUT2D eigenvalue weighted by Gasteiger charge is -2.29. The number of nitrogens with one attached hydrogen (secondary N) is 3. The fourth-order valence-electron chi connectivity index (χ4n) is 4.51. The Bertz CT molecular complexity index is 976. The number of rotatable bonds is 8. The molecule has 0 saturated heterocycles. The molecule has 0 aliphatic heterocycles. The lowest BCUT2D eigenvalue weighted by Crippen LogP contribution is -2.45. The number of ether oxygens (including phenoxy) is 1. The van der Waals surface area contributed by atoms with E-state index in [0.29, 0.717) is 12.3 Å². The molecule has 2 amide bonds. The maximum absolute atomic E-state index is 12.9. The molecule has 1 aromatic heterocycles. The molecule has 7 heteroatoms. The van der Waals surface area contributed by atoms with Crippen molar-refractivity contribution in [3.05, 3.63) is 59.9 Å². The summed E-state index contributed by atoms with van der Waals surface area (Å²) in [5.41, 5.74) is 2.92. The summed E-state index contributed by atoms with van der Waals surface area (Å²) in [4.78, 5) is 21.0. The normalized spacial score (nSPS) is 19.4. The summed E-state index contributed by atoms with van der Waals surface area (Å²) in [7, 11) is 1.65. The molecule has 3 aromatic rings. The Morgan fingerprint density at radius 1 is 1.16 bits per heavy atom. The molecular weight excluding hydrogens is 404 g/mol. The number of benzene rings is 2. The van der Waals surface area contributed by atoms with Gasteiger partial charge in [0.2, 0.25) is 0 Å². The third kappa shape index (κ3) is 5.59. The van der Waals surface area contributed by atoms with Crippen LogP contribution in [0.4, 0.5) is 4.79 Å². The highest BCUT2D eigenvalue weighted by atomic mass is 16.5. The van der Waals surface area contributed by atoms with Crippen LogP contribution in [0.5, 0.6) is 5.75 Å². The molecule has 1 fully saturated rings. The highest BCUT2D eigenvalue weighted by molar-refractivity contribution is 5.76. The van der Waals surface area contributed by atoms with Crippen molar-refractivity contribution in [1.29, 1.82) is 0 Å². The summed E-state index contributed by atoms with van der Waals surface area (Å²) < 4.78 is 5.26. The number of aromatic nitrogens is 2. The van der Waals surface area contributed by atoms with E-state index in [1.807, 2.05) is 48.5 Å². The quantitative estimate of drug-likeness (QED) is 0.427. The maximum Gasteiger partial charge on any atom is 0.315 e. The molecule has 1 saturated carbocycles. The number of para-hydroxylation sites is 2. The van der Waals surface area contributed by atoms with Crippen molar-refractivity contribution in [2.75, 3.05) is 13.7 Å². The number of H-pyrrole nitrogens is 1. The third-order valence-corrected chi connectivity index (χ3v) is 6.36. The zero-order valence-corrected chi connectivity index (χ0v) is 18.5. The first-order chi connectivity index (χ1) is 15.6. The number of amides is 2. The zero-order chi connectivity index (χ0) is 22.3. The van der Waals surface area contributed by atoms with Gasteiger partial charge in [0.1, 0.15) is 11.6 Å². The van der Waals surface area contributed by atoms with E-state index < -0.39 is 0 Å². The molecule has 0 spiro atoms. The van der Waals surface area contributed by atoms with Crippen LogP contribution in [0.15, 0.2) is 48.5 Å². The molecule has 0 radical (unpaired) electrons. The van der Waals surface area contributed by atoms with Crippen LogP contribution in [0.2, 0.25) is 0 Å². The first kappa shape index (κ1) is 22.1. The van der Waals surface area contributed by atoms with E-state index in [1.54, 1.807) is 7.11 Å². The fourth-order valence-corrected chi connectivity index (χ4v) is 4.51. The second kappa shape index (κ2) is 10.5. The Hall–Kier alpha value is -3.06. The number of aliphatic hydroxyl groups is 1. The number of methoxy groups -OCH3 is 1. The summed E-state index contributed by atoms with van der Waals surface area (Å²) in [5, 5.41) is 15.4. The lowest BCUT2D eigenvalue weighted by molar-refractivity contribution is 0.204. The molecule has 170 valence electrons. The first-order valence-electron chi connectivity index (χ1n) is 11.4. The highest BCUT2D eigenvalue weighted by Crippen LogP contribution is 2.27. The van der Waals surface area contributed by atoms with Crippen molar-refractivity contribution in [1.82, 2.24) is 20.6 Å². The number of nitrogens with zero attached hydrogens (tertiary/aromatic N) is 1. The fraction of sp³-hybridized carbons (Fsp3) is 0.440. The Morgan fingerprint density at radius 3 is 2.59 bits per heavy atom. The second-order valence-electron chi connectivity index (χ2n) is 8.59. The number of carbonyl (C=O) groups excluding carboxylic acids is 1. The smallest absolute Gasteiger partial charge is 0.315 e. The lowest BCUT2D eigenvalue weighted by atomic mass is 9.84. The molecule has 32 heavy (non-hydrogen) atoms. The summed E-state index contributed by atoms with van der Waals surface area (Å²) in [6.45, 7) is 0.244. The van der Waals surface area contributed by atoms with Crippen molar-refractivity contribution in [2.24, 2.45) is 5.92 Å². The highest BCUT2D eigenvalue weighted by Gasteiger charge is 2.24. The van der Waals surface area contributed by atoms with Gasteiger partial charge in [0.05, 0.1) is 24.2 Å². The van der Waals surface area contributed by atoms with Gasteiger partial charge in [0.15, 0.2) is 0 Å². The Balaban J connectivity index is 1.45. The summed E-state index contributed by atoms with van der Waals surface area (Å²) in [5.74, 6) is 2.11. The van der Waals surface area contributed by atoms with Gasteiger partial charge in [-0.1, -0.05) is 24.3 Å². The number of hydrogen-bond donors (Lipinski definition) is 4. The molecule has 0 bridgehead atoms. The number of hydrogen-bond acceptors (Lipinski definition) is 4. The Labute approximate surface area is 188 Å². The summed E-state index contributed by atoms with van der Waals surface area (Å²) in [6, 6.07) is 15.5. The van der Waals surface area contributed by atoms with Crippen molar-refractivity contribution >= 4 is 17.1 Å². The molecular formula is C25H32N4O3.